The summed E-state index contributed by atoms with van der Waals surface area (Å²) in [7, 11) is 0. The number of allylic oxidation sites excluding steroid dienone is 2. The molecule has 2 aliphatic carbocycles. The van der Waals surface area contributed by atoms with Crippen LogP contribution in [0.25, 0.3) is 0 Å². The van der Waals surface area contributed by atoms with E-state index < -0.39 is 22.2 Å². The first-order chi connectivity index (χ1) is 9.95. The van der Waals surface area contributed by atoms with Crippen LogP contribution in [0.3, 0.4) is 0 Å². The Hall–Kier alpha value is -1.98. The van der Waals surface area contributed by atoms with E-state index in [1.807, 2.05) is 6.92 Å². The van der Waals surface area contributed by atoms with Gasteiger partial charge in [0.25, 0.3) is 0 Å². The SMILES string of the molecule is CC(Nc1cc([N+](=O)[O-])c(F)cc1F)C1CC2C=CC1C2. The van der Waals surface area contributed by atoms with Gasteiger partial charge in [0.2, 0.25) is 5.82 Å². The number of nitrogens with one attached hydrogen (secondary N) is 1. The number of nitro benzene ring substituents is 1. The topological polar surface area (TPSA) is 55.2 Å². The molecule has 112 valence electrons. The van der Waals surface area contributed by atoms with Crippen molar-refractivity contribution in [3.63, 3.8) is 0 Å². The van der Waals surface area contributed by atoms with Crippen LogP contribution in [0.2, 0.25) is 0 Å². The lowest BCUT2D eigenvalue weighted by Gasteiger charge is -2.27. The van der Waals surface area contributed by atoms with Crippen LogP contribution in [-0.2, 0) is 0 Å². The first-order valence-corrected chi connectivity index (χ1v) is 7.04. The van der Waals surface area contributed by atoms with Crippen LogP contribution in [0.4, 0.5) is 20.2 Å². The summed E-state index contributed by atoms with van der Waals surface area (Å²) in [6.45, 7) is 1.94. The molecule has 1 N–H and O–H groups in total. The minimum absolute atomic E-state index is 0.0117. The molecule has 2 aliphatic rings. The van der Waals surface area contributed by atoms with Crippen LogP contribution in [0, 0.1) is 39.5 Å². The zero-order valence-electron chi connectivity index (χ0n) is 11.6. The van der Waals surface area contributed by atoms with Crippen molar-refractivity contribution in [3.05, 3.63) is 46.0 Å². The Morgan fingerprint density at radius 3 is 2.62 bits per heavy atom. The van der Waals surface area contributed by atoms with Crippen molar-refractivity contribution in [1.82, 2.24) is 0 Å². The van der Waals surface area contributed by atoms with Crippen molar-refractivity contribution in [3.8, 4) is 0 Å². The van der Waals surface area contributed by atoms with Gasteiger partial charge in [-0.15, -0.1) is 0 Å². The van der Waals surface area contributed by atoms with E-state index in [4.69, 9.17) is 0 Å². The maximum Gasteiger partial charge on any atom is 0.307 e. The van der Waals surface area contributed by atoms with E-state index in [1.165, 1.54) is 0 Å². The van der Waals surface area contributed by atoms with Crippen molar-refractivity contribution in [2.75, 3.05) is 5.32 Å². The number of anilines is 1. The van der Waals surface area contributed by atoms with Crippen LogP contribution < -0.4 is 5.32 Å². The number of halogens is 2. The van der Waals surface area contributed by atoms with Gasteiger partial charge in [0.05, 0.1) is 10.6 Å². The van der Waals surface area contributed by atoms with Crippen molar-refractivity contribution in [2.45, 2.75) is 25.8 Å². The highest BCUT2D eigenvalue weighted by Crippen LogP contribution is 2.45. The Morgan fingerprint density at radius 2 is 2.05 bits per heavy atom. The Labute approximate surface area is 121 Å². The molecule has 1 aromatic rings. The number of benzene rings is 1. The summed E-state index contributed by atoms with van der Waals surface area (Å²) in [5, 5.41) is 13.7. The van der Waals surface area contributed by atoms with E-state index in [-0.39, 0.29) is 11.7 Å². The van der Waals surface area contributed by atoms with Crippen LogP contribution in [-0.4, -0.2) is 11.0 Å². The van der Waals surface area contributed by atoms with Gasteiger partial charge in [0.1, 0.15) is 5.82 Å². The first kappa shape index (κ1) is 14.0. The standard InChI is InChI=1S/C15H16F2N2O2/c1-8(11-5-9-2-3-10(11)4-9)18-14-7-15(19(20)21)13(17)6-12(14)16/h2-3,6-11,18H,4-5H2,1H3. The summed E-state index contributed by atoms with van der Waals surface area (Å²) in [5.41, 5.74) is -0.721. The van der Waals surface area contributed by atoms with Crippen molar-refractivity contribution < 1.29 is 13.7 Å². The molecule has 0 spiro atoms. The normalized spacial score (nSPS) is 27.9. The molecule has 1 fully saturated rings. The number of nitrogens with zero attached hydrogens (tertiary/aromatic N) is 1. The summed E-state index contributed by atoms with van der Waals surface area (Å²) in [5.74, 6) is -0.502. The number of hydrogen-bond donors (Lipinski definition) is 1. The molecule has 4 atom stereocenters. The van der Waals surface area contributed by atoms with Crippen molar-refractivity contribution in [1.29, 1.82) is 0 Å². The lowest BCUT2D eigenvalue weighted by molar-refractivity contribution is -0.387. The second-order valence-corrected chi connectivity index (χ2v) is 5.92. The maximum atomic E-state index is 13.8. The van der Waals surface area contributed by atoms with Gasteiger partial charge in [0.15, 0.2) is 0 Å². The molecule has 1 aromatic carbocycles. The second-order valence-electron chi connectivity index (χ2n) is 5.92. The Bertz CT molecular complexity index is 618. The fourth-order valence-electron chi connectivity index (χ4n) is 3.54. The fourth-order valence-corrected chi connectivity index (χ4v) is 3.54. The molecule has 0 heterocycles. The molecule has 3 rings (SSSR count). The third-order valence-electron chi connectivity index (χ3n) is 4.59. The number of nitro groups is 1. The molecule has 0 amide bonds. The number of fused-ring (bicyclic) bond motifs is 2. The van der Waals surface area contributed by atoms with E-state index in [2.05, 4.69) is 17.5 Å². The molecule has 2 bridgehead atoms. The molecular formula is C15H16F2N2O2. The Morgan fingerprint density at radius 1 is 1.29 bits per heavy atom. The lowest BCUT2D eigenvalue weighted by atomic mass is 9.87. The van der Waals surface area contributed by atoms with Gasteiger partial charge >= 0.3 is 5.69 Å². The van der Waals surface area contributed by atoms with Crippen LogP contribution in [0.15, 0.2) is 24.3 Å². The molecule has 21 heavy (non-hydrogen) atoms. The largest absolute Gasteiger partial charge is 0.380 e. The highest BCUT2D eigenvalue weighted by atomic mass is 19.1. The van der Waals surface area contributed by atoms with Crippen LogP contribution in [0.5, 0.6) is 0 Å². The van der Waals surface area contributed by atoms with E-state index in [1.54, 1.807) is 0 Å². The first-order valence-electron chi connectivity index (χ1n) is 7.04. The maximum absolute atomic E-state index is 13.8. The predicted molar refractivity (Wildman–Crippen MR) is 74.9 cm³/mol. The zero-order valence-corrected chi connectivity index (χ0v) is 11.6. The minimum Gasteiger partial charge on any atom is -0.380 e. The number of rotatable bonds is 4. The van der Waals surface area contributed by atoms with E-state index in [9.17, 15) is 18.9 Å². The average molecular weight is 294 g/mol. The van der Waals surface area contributed by atoms with Crippen molar-refractivity contribution >= 4 is 11.4 Å². The van der Waals surface area contributed by atoms with E-state index >= 15 is 0 Å². The van der Waals surface area contributed by atoms with Crippen LogP contribution >= 0.6 is 0 Å². The van der Waals surface area contributed by atoms with Gasteiger partial charge in [0, 0.05) is 18.2 Å². The monoisotopic (exact) mass is 294 g/mol. The molecule has 4 nitrogen and oxygen atoms in total. The quantitative estimate of drug-likeness (QED) is 0.521. The Balaban J connectivity index is 1.79. The summed E-state index contributed by atoms with van der Waals surface area (Å²) < 4.78 is 27.1. The molecular weight excluding hydrogens is 278 g/mol. The summed E-state index contributed by atoms with van der Waals surface area (Å²) in [6, 6.07) is 1.47. The van der Waals surface area contributed by atoms with Gasteiger partial charge in [-0.1, -0.05) is 12.2 Å². The van der Waals surface area contributed by atoms with E-state index in [0.717, 1.165) is 18.9 Å². The Kier molecular flexibility index (Phi) is 3.39. The molecule has 1 saturated carbocycles. The summed E-state index contributed by atoms with van der Waals surface area (Å²) in [6.07, 6.45) is 6.58. The molecule has 6 heteroatoms. The van der Waals surface area contributed by atoms with Gasteiger partial charge in [-0.25, -0.2) is 4.39 Å². The van der Waals surface area contributed by atoms with Gasteiger partial charge < -0.3 is 5.32 Å². The minimum atomic E-state index is -1.15. The predicted octanol–water partition coefficient (Wildman–Crippen LogP) is 3.89. The van der Waals surface area contributed by atoms with Crippen molar-refractivity contribution in [2.24, 2.45) is 17.8 Å². The van der Waals surface area contributed by atoms with Crippen LogP contribution in [0.1, 0.15) is 19.8 Å². The lowest BCUT2D eigenvalue weighted by Crippen LogP contribution is -2.29. The second kappa shape index (κ2) is 5.09. The zero-order chi connectivity index (χ0) is 15.1. The highest BCUT2D eigenvalue weighted by Gasteiger charge is 2.38. The van der Waals surface area contributed by atoms with Gasteiger partial charge in [-0.2, -0.15) is 4.39 Å². The molecule has 0 saturated heterocycles. The summed E-state index contributed by atoms with van der Waals surface area (Å²) >= 11 is 0. The molecule has 0 aromatic heterocycles. The summed E-state index contributed by atoms with van der Waals surface area (Å²) in [4.78, 5) is 9.90. The fraction of sp³-hybridized carbons (Fsp3) is 0.467. The van der Waals surface area contributed by atoms with Gasteiger partial charge in [-0.3, -0.25) is 10.1 Å². The molecule has 0 radical (unpaired) electrons. The third kappa shape index (κ3) is 2.50. The highest BCUT2D eigenvalue weighted by molar-refractivity contribution is 5.53. The molecule has 0 aliphatic heterocycles. The van der Waals surface area contributed by atoms with Gasteiger partial charge in [-0.05, 0) is 37.5 Å². The molecule has 4 unspecified atom stereocenters. The number of hydrogen-bond acceptors (Lipinski definition) is 3. The smallest absolute Gasteiger partial charge is 0.307 e. The third-order valence-corrected chi connectivity index (χ3v) is 4.59. The van der Waals surface area contributed by atoms with E-state index in [0.29, 0.717) is 23.8 Å². The average Bonchev–Trinajstić information content (AvgIpc) is 3.03.